The highest BCUT2D eigenvalue weighted by molar-refractivity contribution is 14.1. The molecule has 0 heterocycles. The Labute approximate surface area is 97.1 Å². The van der Waals surface area contributed by atoms with Crippen molar-refractivity contribution in [1.29, 1.82) is 0 Å². The first-order valence-corrected chi connectivity index (χ1v) is 5.42. The van der Waals surface area contributed by atoms with Crippen LogP contribution in [0.25, 0.3) is 0 Å². The van der Waals surface area contributed by atoms with E-state index in [1.807, 2.05) is 24.3 Å². The van der Waals surface area contributed by atoms with Crippen molar-refractivity contribution in [3.63, 3.8) is 0 Å². The molecule has 1 nitrogen and oxygen atoms in total. The van der Waals surface area contributed by atoms with Crippen LogP contribution in [0.2, 0.25) is 5.02 Å². The number of nitrogens with two attached hydrogens (primary N) is 1. The van der Waals surface area contributed by atoms with Crippen LogP contribution in [-0.4, -0.2) is 0 Å². The zero-order chi connectivity index (χ0) is 9.84. The second-order valence-electron chi connectivity index (χ2n) is 2.80. The number of rotatable bonds is 3. The van der Waals surface area contributed by atoms with E-state index in [9.17, 15) is 0 Å². The van der Waals surface area contributed by atoms with Gasteiger partial charge in [-0.15, -0.1) is 6.58 Å². The van der Waals surface area contributed by atoms with Crippen LogP contribution in [0.4, 0.5) is 0 Å². The lowest BCUT2D eigenvalue weighted by Crippen LogP contribution is -2.08. The van der Waals surface area contributed by atoms with Crippen LogP contribution >= 0.6 is 34.2 Å². The maximum Gasteiger partial charge on any atom is 0.0542 e. The van der Waals surface area contributed by atoms with Crippen molar-refractivity contribution in [2.75, 3.05) is 0 Å². The minimum absolute atomic E-state index is 0.00648. The highest BCUT2D eigenvalue weighted by atomic mass is 127. The Hall–Kier alpha value is -0.0600. The summed E-state index contributed by atoms with van der Waals surface area (Å²) in [5, 5.41) is 0.762. The molecule has 1 atom stereocenters. The van der Waals surface area contributed by atoms with Crippen molar-refractivity contribution in [3.05, 3.63) is 45.0 Å². The van der Waals surface area contributed by atoms with Crippen LogP contribution in [0.1, 0.15) is 18.0 Å². The summed E-state index contributed by atoms with van der Waals surface area (Å²) in [7, 11) is 0. The third-order valence-electron chi connectivity index (χ3n) is 1.79. The van der Waals surface area contributed by atoms with Gasteiger partial charge in [-0.05, 0) is 46.7 Å². The molecule has 1 aromatic rings. The van der Waals surface area contributed by atoms with Gasteiger partial charge in [-0.1, -0.05) is 23.7 Å². The number of halogens is 2. The van der Waals surface area contributed by atoms with Gasteiger partial charge < -0.3 is 5.73 Å². The predicted molar refractivity (Wildman–Crippen MR) is 65.9 cm³/mol. The van der Waals surface area contributed by atoms with Crippen molar-refractivity contribution in [2.24, 2.45) is 5.73 Å². The fourth-order valence-electron chi connectivity index (χ4n) is 1.06. The Morgan fingerprint density at radius 2 is 2.31 bits per heavy atom. The summed E-state index contributed by atoms with van der Waals surface area (Å²) < 4.78 is 1.05. The van der Waals surface area contributed by atoms with Gasteiger partial charge in [0.1, 0.15) is 0 Å². The zero-order valence-corrected chi connectivity index (χ0v) is 10.0. The molecular weight excluding hydrogens is 296 g/mol. The predicted octanol–water partition coefficient (Wildman–Crippen LogP) is 3.52. The lowest BCUT2D eigenvalue weighted by molar-refractivity contribution is 0.742. The van der Waals surface area contributed by atoms with E-state index in [2.05, 4.69) is 29.2 Å². The first kappa shape index (κ1) is 11.0. The van der Waals surface area contributed by atoms with Gasteiger partial charge in [0.2, 0.25) is 0 Å². The van der Waals surface area contributed by atoms with Crippen LogP contribution in [0.5, 0.6) is 0 Å². The van der Waals surface area contributed by atoms with E-state index in [-0.39, 0.29) is 6.04 Å². The van der Waals surface area contributed by atoms with E-state index < -0.39 is 0 Å². The largest absolute Gasteiger partial charge is 0.324 e. The minimum Gasteiger partial charge on any atom is -0.324 e. The summed E-state index contributed by atoms with van der Waals surface area (Å²) in [4.78, 5) is 0. The van der Waals surface area contributed by atoms with Gasteiger partial charge in [0.25, 0.3) is 0 Å². The first-order chi connectivity index (χ1) is 6.15. The Balaban J connectivity index is 2.89. The van der Waals surface area contributed by atoms with Crippen LogP contribution in [-0.2, 0) is 0 Å². The molecule has 0 bridgehead atoms. The molecular formula is C10H11ClIN. The number of benzene rings is 1. The third kappa shape index (κ3) is 2.97. The highest BCUT2D eigenvalue weighted by Crippen LogP contribution is 2.23. The summed E-state index contributed by atoms with van der Waals surface area (Å²) in [6, 6.07) is 5.90. The fourth-order valence-corrected chi connectivity index (χ4v) is 1.58. The lowest BCUT2D eigenvalue weighted by Gasteiger charge is -2.09. The van der Waals surface area contributed by atoms with Gasteiger partial charge in [-0.3, -0.25) is 0 Å². The molecule has 0 fully saturated rings. The molecule has 0 aromatic heterocycles. The summed E-state index contributed by atoms with van der Waals surface area (Å²) in [6.45, 7) is 3.65. The van der Waals surface area contributed by atoms with E-state index in [0.717, 1.165) is 20.6 Å². The molecule has 0 spiro atoms. The normalized spacial score (nSPS) is 12.5. The van der Waals surface area contributed by atoms with E-state index in [1.165, 1.54) is 0 Å². The summed E-state index contributed by atoms with van der Waals surface area (Å²) in [5.41, 5.74) is 6.95. The van der Waals surface area contributed by atoms with E-state index >= 15 is 0 Å². The number of hydrogen-bond acceptors (Lipinski definition) is 1. The van der Waals surface area contributed by atoms with E-state index in [1.54, 1.807) is 0 Å². The number of hydrogen-bond donors (Lipinski definition) is 1. The van der Waals surface area contributed by atoms with Crippen molar-refractivity contribution in [1.82, 2.24) is 0 Å². The van der Waals surface area contributed by atoms with E-state index in [0.29, 0.717) is 0 Å². The first-order valence-electron chi connectivity index (χ1n) is 3.96. The minimum atomic E-state index is 0.00648. The molecule has 1 rings (SSSR count). The molecule has 1 aromatic carbocycles. The monoisotopic (exact) mass is 307 g/mol. The zero-order valence-electron chi connectivity index (χ0n) is 7.13. The summed E-state index contributed by atoms with van der Waals surface area (Å²) >= 11 is 8.16. The van der Waals surface area contributed by atoms with Crippen molar-refractivity contribution in [2.45, 2.75) is 12.5 Å². The maximum atomic E-state index is 5.97. The molecule has 0 saturated carbocycles. The quantitative estimate of drug-likeness (QED) is 0.671. The van der Waals surface area contributed by atoms with E-state index in [4.69, 9.17) is 17.3 Å². The average molecular weight is 308 g/mol. The molecule has 0 aliphatic carbocycles. The lowest BCUT2D eigenvalue weighted by atomic mass is 10.1. The fraction of sp³-hybridized carbons (Fsp3) is 0.200. The van der Waals surface area contributed by atoms with Gasteiger partial charge in [-0.25, -0.2) is 0 Å². The van der Waals surface area contributed by atoms with Gasteiger partial charge in [0.05, 0.1) is 5.02 Å². The average Bonchev–Trinajstić information content (AvgIpc) is 2.10. The molecule has 2 N–H and O–H groups in total. The maximum absolute atomic E-state index is 5.97. The van der Waals surface area contributed by atoms with Crippen LogP contribution < -0.4 is 5.73 Å². The summed E-state index contributed by atoms with van der Waals surface area (Å²) in [5.74, 6) is 0. The highest BCUT2D eigenvalue weighted by Gasteiger charge is 2.05. The Morgan fingerprint density at radius 3 is 2.85 bits per heavy atom. The van der Waals surface area contributed by atoms with Crippen molar-refractivity contribution >= 4 is 34.2 Å². The summed E-state index contributed by atoms with van der Waals surface area (Å²) in [6.07, 6.45) is 2.59. The van der Waals surface area contributed by atoms with Gasteiger partial charge in [0, 0.05) is 9.61 Å². The van der Waals surface area contributed by atoms with Crippen LogP contribution in [0.15, 0.2) is 30.9 Å². The molecule has 0 amide bonds. The molecule has 0 radical (unpaired) electrons. The smallest absolute Gasteiger partial charge is 0.0542 e. The van der Waals surface area contributed by atoms with Crippen molar-refractivity contribution in [3.8, 4) is 0 Å². The second-order valence-corrected chi connectivity index (χ2v) is 4.37. The van der Waals surface area contributed by atoms with Gasteiger partial charge >= 0.3 is 0 Å². The SMILES string of the molecule is C=CC[C@H](N)c1ccc(I)c(Cl)c1. The van der Waals surface area contributed by atoms with Gasteiger partial charge in [0.15, 0.2) is 0 Å². The molecule has 0 saturated heterocycles. The van der Waals surface area contributed by atoms with Crippen LogP contribution in [0, 0.1) is 3.57 Å². The molecule has 70 valence electrons. The standard InChI is InChI=1S/C10H11ClIN/c1-2-3-10(13)7-4-5-9(12)8(11)6-7/h2,4-6,10H,1,3,13H2/t10-/m0/s1. The molecule has 0 aliphatic rings. The Bertz CT molecular complexity index is 312. The second kappa shape index (κ2) is 4.98. The molecule has 0 aliphatic heterocycles. The molecule has 0 unspecified atom stereocenters. The topological polar surface area (TPSA) is 26.0 Å². The van der Waals surface area contributed by atoms with Crippen molar-refractivity contribution < 1.29 is 0 Å². The molecule has 3 heteroatoms. The van der Waals surface area contributed by atoms with Crippen LogP contribution in [0.3, 0.4) is 0 Å². The Morgan fingerprint density at radius 1 is 1.62 bits per heavy atom. The van der Waals surface area contributed by atoms with Gasteiger partial charge in [-0.2, -0.15) is 0 Å². The molecule has 13 heavy (non-hydrogen) atoms. The third-order valence-corrected chi connectivity index (χ3v) is 3.36. The Kier molecular flexibility index (Phi) is 4.22.